The molecule has 0 radical (unpaired) electrons. The lowest BCUT2D eigenvalue weighted by Crippen LogP contribution is -2.47. The highest BCUT2D eigenvalue weighted by atomic mass is 16.5. The van der Waals surface area contributed by atoms with Crippen molar-refractivity contribution in [2.45, 2.75) is 38.6 Å². The maximum absolute atomic E-state index is 12.5. The summed E-state index contributed by atoms with van der Waals surface area (Å²) in [6, 6.07) is 17.3. The van der Waals surface area contributed by atoms with Gasteiger partial charge in [-0.3, -0.25) is 5.21 Å². The van der Waals surface area contributed by atoms with Crippen molar-refractivity contribution < 1.29 is 19.5 Å². The van der Waals surface area contributed by atoms with Gasteiger partial charge < -0.3 is 14.4 Å². The van der Waals surface area contributed by atoms with Crippen LogP contribution in [0.1, 0.15) is 38.3 Å². The van der Waals surface area contributed by atoms with Gasteiger partial charge in [-0.2, -0.15) is 5.10 Å². The van der Waals surface area contributed by atoms with Gasteiger partial charge in [0.15, 0.2) is 0 Å². The van der Waals surface area contributed by atoms with Crippen molar-refractivity contribution in [3.05, 3.63) is 60.3 Å². The number of likely N-dealkylation sites (tertiary alicyclic amines) is 1. The fourth-order valence-electron chi connectivity index (χ4n) is 4.22. The first kappa shape index (κ1) is 23.6. The number of nitrogens with zero attached hydrogens (tertiary/aromatic N) is 4. The highest BCUT2D eigenvalue weighted by Crippen LogP contribution is 2.33. The van der Waals surface area contributed by atoms with E-state index in [-0.39, 0.29) is 18.0 Å². The third kappa shape index (κ3) is 4.87. The Morgan fingerprint density at radius 1 is 1.00 bits per heavy atom. The lowest BCUT2D eigenvalue weighted by molar-refractivity contribution is -0.0814. The first-order valence-electron chi connectivity index (χ1n) is 11.6. The van der Waals surface area contributed by atoms with Crippen molar-refractivity contribution in [1.29, 1.82) is 0 Å². The van der Waals surface area contributed by atoms with Crippen LogP contribution in [0.15, 0.2) is 54.6 Å². The molecule has 0 spiro atoms. The number of carbonyl (C=O) groups excluding carboxylic acids is 1. The Hall–Kier alpha value is -3.52. The average Bonchev–Trinajstić information content (AvgIpc) is 3.33. The van der Waals surface area contributed by atoms with E-state index in [2.05, 4.69) is 6.07 Å². The number of amides is 2. The highest BCUT2D eigenvalue weighted by molar-refractivity contribution is 5.73. The van der Waals surface area contributed by atoms with Crippen LogP contribution < -0.4 is 9.47 Å². The molecule has 1 aromatic heterocycles. The molecule has 1 fully saturated rings. The first-order chi connectivity index (χ1) is 16.4. The van der Waals surface area contributed by atoms with Crippen molar-refractivity contribution in [2.75, 3.05) is 27.3 Å². The van der Waals surface area contributed by atoms with Crippen LogP contribution in [-0.4, -0.2) is 64.3 Å². The summed E-state index contributed by atoms with van der Waals surface area (Å²) in [7, 11) is 3.31. The second kappa shape index (κ2) is 10.2. The topological polar surface area (TPSA) is 80.1 Å². The number of piperidine rings is 1. The maximum atomic E-state index is 12.5. The Kier molecular flexibility index (Phi) is 7.07. The summed E-state index contributed by atoms with van der Waals surface area (Å²) < 4.78 is 12.6. The van der Waals surface area contributed by atoms with Crippen molar-refractivity contribution in [3.63, 3.8) is 0 Å². The molecule has 8 heteroatoms. The smallest absolute Gasteiger partial charge is 0.343 e. The van der Waals surface area contributed by atoms with E-state index in [9.17, 15) is 10.0 Å². The van der Waals surface area contributed by atoms with E-state index in [1.165, 1.54) is 0 Å². The molecule has 34 heavy (non-hydrogen) atoms. The third-order valence-electron chi connectivity index (χ3n) is 6.30. The van der Waals surface area contributed by atoms with Gasteiger partial charge >= 0.3 is 6.03 Å². The summed E-state index contributed by atoms with van der Waals surface area (Å²) in [4.78, 5) is 14.2. The van der Waals surface area contributed by atoms with E-state index >= 15 is 0 Å². The molecule has 2 heterocycles. The molecule has 4 rings (SSSR count). The Morgan fingerprint density at radius 2 is 1.56 bits per heavy atom. The van der Waals surface area contributed by atoms with Crippen molar-refractivity contribution in [3.8, 4) is 28.4 Å². The van der Waals surface area contributed by atoms with Crippen LogP contribution in [-0.2, 0) is 0 Å². The van der Waals surface area contributed by atoms with Crippen LogP contribution in [0.25, 0.3) is 16.9 Å². The zero-order valence-corrected chi connectivity index (χ0v) is 20.1. The second-order valence-corrected chi connectivity index (χ2v) is 8.77. The SMILES string of the molecule is COc1ccc(-c2cc(C3CCN(C(=O)N(O)C(C)C)CC3)nn2-c2ccc(OC)cc2)cc1. The first-order valence-corrected chi connectivity index (χ1v) is 11.6. The number of rotatable bonds is 6. The number of urea groups is 1. The number of hydrogen-bond acceptors (Lipinski definition) is 5. The molecule has 1 aliphatic rings. The predicted molar refractivity (Wildman–Crippen MR) is 130 cm³/mol. The van der Waals surface area contributed by atoms with Gasteiger partial charge in [-0.25, -0.2) is 14.5 Å². The van der Waals surface area contributed by atoms with Gasteiger partial charge in [-0.05, 0) is 81.3 Å². The summed E-state index contributed by atoms with van der Waals surface area (Å²) in [5.74, 6) is 1.82. The molecule has 1 aliphatic heterocycles. The number of hydrogen-bond donors (Lipinski definition) is 1. The molecule has 0 bridgehead atoms. The van der Waals surface area contributed by atoms with Gasteiger partial charge in [0, 0.05) is 24.6 Å². The average molecular weight is 465 g/mol. The van der Waals surface area contributed by atoms with Crippen LogP contribution >= 0.6 is 0 Å². The van der Waals surface area contributed by atoms with Gasteiger partial charge in [0.05, 0.1) is 37.3 Å². The quantitative estimate of drug-likeness (QED) is 0.412. The zero-order chi connectivity index (χ0) is 24.2. The molecular formula is C26H32N4O4. The van der Waals surface area contributed by atoms with Crippen LogP contribution in [0, 0.1) is 0 Å². The molecule has 2 amide bonds. The summed E-state index contributed by atoms with van der Waals surface area (Å²) in [5, 5.41) is 15.8. The Bertz CT molecular complexity index is 1040. The number of benzene rings is 2. The van der Waals surface area contributed by atoms with Gasteiger partial charge in [-0.1, -0.05) is 0 Å². The molecule has 0 unspecified atom stereocenters. The largest absolute Gasteiger partial charge is 0.497 e. The molecule has 0 atom stereocenters. The lowest BCUT2D eigenvalue weighted by atomic mass is 9.93. The molecular weight excluding hydrogens is 432 g/mol. The Morgan fingerprint density at radius 3 is 2.09 bits per heavy atom. The fourth-order valence-corrected chi connectivity index (χ4v) is 4.22. The highest BCUT2D eigenvalue weighted by Gasteiger charge is 2.29. The molecule has 0 saturated carbocycles. The fraction of sp³-hybridized carbons (Fsp3) is 0.385. The van der Waals surface area contributed by atoms with Crippen LogP contribution in [0.5, 0.6) is 11.5 Å². The second-order valence-electron chi connectivity index (χ2n) is 8.77. The van der Waals surface area contributed by atoms with Crippen LogP contribution in [0.3, 0.4) is 0 Å². The number of aromatic nitrogens is 2. The maximum Gasteiger partial charge on any atom is 0.343 e. The summed E-state index contributed by atoms with van der Waals surface area (Å²) >= 11 is 0. The minimum Gasteiger partial charge on any atom is -0.497 e. The molecule has 180 valence electrons. The van der Waals surface area contributed by atoms with Crippen LogP contribution in [0.4, 0.5) is 4.79 Å². The molecule has 1 saturated heterocycles. The van der Waals surface area contributed by atoms with E-state index in [1.54, 1.807) is 33.0 Å². The number of hydroxylamine groups is 2. The van der Waals surface area contributed by atoms with Gasteiger partial charge in [0.25, 0.3) is 0 Å². The van der Waals surface area contributed by atoms with Crippen molar-refractivity contribution >= 4 is 6.03 Å². The van der Waals surface area contributed by atoms with Crippen LogP contribution in [0.2, 0.25) is 0 Å². The molecule has 3 aromatic rings. The minimum atomic E-state index is -0.337. The zero-order valence-electron chi connectivity index (χ0n) is 20.1. The summed E-state index contributed by atoms with van der Waals surface area (Å²) in [5.41, 5.74) is 3.97. The van der Waals surface area contributed by atoms with Crippen molar-refractivity contribution in [2.24, 2.45) is 0 Å². The van der Waals surface area contributed by atoms with E-state index in [4.69, 9.17) is 14.6 Å². The van der Waals surface area contributed by atoms with E-state index < -0.39 is 0 Å². The number of methoxy groups -OCH3 is 2. The summed E-state index contributed by atoms with van der Waals surface area (Å²) in [6.45, 7) is 4.75. The Labute approximate surface area is 200 Å². The summed E-state index contributed by atoms with van der Waals surface area (Å²) in [6.07, 6.45) is 1.58. The predicted octanol–water partition coefficient (Wildman–Crippen LogP) is 4.96. The van der Waals surface area contributed by atoms with E-state index in [1.807, 2.05) is 53.2 Å². The van der Waals surface area contributed by atoms with Crippen molar-refractivity contribution in [1.82, 2.24) is 19.7 Å². The molecule has 8 nitrogen and oxygen atoms in total. The molecule has 0 aliphatic carbocycles. The van der Waals surface area contributed by atoms with E-state index in [0.717, 1.165) is 52.0 Å². The van der Waals surface area contributed by atoms with E-state index in [0.29, 0.717) is 13.1 Å². The molecule has 1 N–H and O–H groups in total. The van der Waals surface area contributed by atoms with Gasteiger partial charge in [0.1, 0.15) is 11.5 Å². The third-order valence-corrected chi connectivity index (χ3v) is 6.30. The van der Waals surface area contributed by atoms with Gasteiger partial charge in [0.2, 0.25) is 0 Å². The normalized spacial score (nSPS) is 14.4. The minimum absolute atomic E-state index is 0.228. The van der Waals surface area contributed by atoms with Gasteiger partial charge in [-0.15, -0.1) is 0 Å². The lowest BCUT2D eigenvalue weighted by Gasteiger charge is -2.34. The molecule has 2 aromatic carbocycles. The number of ether oxygens (including phenoxy) is 2. The standard InChI is InChI=1S/C26H32N4O4/c1-18(2)30(32)26(31)28-15-13-19(14-16-28)24-17-25(20-5-9-22(33-3)10-6-20)29(27-24)21-7-11-23(34-4)12-8-21/h5-12,17-19,32H,13-16H2,1-4H3. The monoisotopic (exact) mass is 464 g/mol. The number of carbonyl (C=O) groups is 1. The Balaban J connectivity index is 1.61.